The number of pyridine rings is 1. The van der Waals surface area contributed by atoms with Gasteiger partial charge in [-0.25, -0.2) is 4.98 Å². The molecular formula is C19H15N3O3. The van der Waals surface area contributed by atoms with Gasteiger partial charge in [0.05, 0.1) is 15.7 Å². The van der Waals surface area contributed by atoms with Gasteiger partial charge in [-0.2, -0.15) is 5.26 Å². The fraction of sp³-hybridized carbons (Fsp3) is 0.158. The zero-order chi connectivity index (χ0) is 18.0. The number of nitrogens with zero attached hydrogens (tertiary/aromatic N) is 3. The molecule has 0 bridgehead atoms. The van der Waals surface area contributed by atoms with E-state index in [1.807, 2.05) is 38.1 Å². The Balaban J connectivity index is 2.37. The molecule has 6 nitrogen and oxygen atoms in total. The molecule has 1 aromatic heterocycles. The van der Waals surface area contributed by atoms with Crippen LogP contribution in [0.4, 0.5) is 5.69 Å². The lowest BCUT2D eigenvalue weighted by Crippen LogP contribution is -2.02. The van der Waals surface area contributed by atoms with Crippen molar-refractivity contribution in [2.75, 3.05) is 6.61 Å². The Labute approximate surface area is 144 Å². The molecule has 2 aromatic carbocycles. The van der Waals surface area contributed by atoms with Crippen molar-refractivity contribution < 1.29 is 9.66 Å². The molecule has 0 atom stereocenters. The van der Waals surface area contributed by atoms with Gasteiger partial charge >= 0.3 is 5.69 Å². The Kier molecular flexibility index (Phi) is 4.31. The van der Waals surface area contributed by atoms with Gasteiger partial charge in [-0.1, -0.05) is 41.5 Å². The molecule has 0 fully saturated rings. The fourth-order valence-corrected chi connectivity index (χ4v) is 2.69. The van der Waals surface area contributed by atoms with Crippen molar-refractivity contribution in [1.29, 1.82) is 5.26 Å². The molecule has 3 rings (SSSR count). The molecule has 0 aliphatic carbocycles. The van der Waals surface area contributed by atoms with Crippen LogP contribution in [0.2, 0.25) is 0 Å². The maximum atomic E-state index is 11.8. The molecule has 0 spiro atoms. The van der Waals surface area contributed by atoms with Crippen LogP contribution in [0.1, 0.15) is 11.1 Å². The number of fused-ring (bicyclic) bond motifs is 1. The predicted octanol–water partition coefficient (Wildman–Crippen LogP) is 4.33. The van der Waals surface area contributed by atoms with Gasteiger partial charge < -0.3 is 4.74 Å². The molecule has 3 aromatic rings. The Morgan fingerprint density at radius 1 is 1.12 bits per heavy atom. The van der Waals surface area contributed by atoms with E-state index in [1.54, 1.807) is 24.3 Å². The third-order valence-corrected chi connectivity index (χ3v) is 3.88. The molecule has 25 heavy (non-hydrogen) atoms. The van der Waals surface area contributed by atoms with Crippen molar-refractivity contribution in [3.05, 3.63) is 63.7 Å². The van der Waals surface area contributed by atoms with E-state index in [-0.39, 0.29) is 23.9 Å². The normalized spacial score (nSPS) is 10.4. The minimum absolute atomic E-state index is 0.0665. The summed E-state index contributed by atoms with van der Waals surface area (Å²) in [5.74, 6) is 0.224. The Bertz CT molecular complexity index is 1010. The summed E-state index contributed by atoms with van der Waals surface area (Å²) in [4.78, 5) is 15.7. The molecule has 1 heterocycles. The maximum Gasteiger partial charge on any atom is 0.303 e. The van der Waals surface area contributed by atoms with Gasteiger partial charge in [0.2, 0.25) is 5.88 Å². The first-order valence-electron chi connectivity index (χ1n) is 7.67. The predicted molar refractivity (Wildman–Crippen MR) is 94.4 cm³/mol. The average molecular weight is 333 g/mol. The minimum Gasteiger partial charge on any atom is -0.462 e. The quantitative estimate of drug-likeness (QED) is 0.523. The summed E-state index contributed by atoms with van der Waals surface area (Å²) in [6.07, 6.45) is 0. The van der Waals surface area contributed by atoms with E-state index in [9.17, 15) is 10.1 Å². The van der Waals surface area contributed by atoms with E-state index >= 15 is 0 Å². The molecule has 6 heteroatoms. The third kappa shape index (κ3) is 3.12. The average Bonchev–Trinajstić information content (AvgIpc) is 2.59. The van der Waals surface area contributed by atoms with Crippen LogP contribution in [0.3, 0.4) is 0 Å². The lowest BCUT2D eigenvalue weighted by atomic mass is 10.0. The van der Waals surface area contributed by atoms with Crippen LogP contribution in [0.15, 0.2) is 42.5 Å². The highest BCUT2D eigenvalue weighted by Gasteiger charge is 2.24. The number of nitriles is 1. The van der Waals surface area contributed by atoms with E-state index in [2.05, 4.69) is 4.98 Å². The van der Waals surface area contributed by atoms with Crippen LogP contribution < -0.4 is 4.74 Å². The molecule has 124 valence electrons. The monoisotopic (exact) mass is 333 g/mol. The van der Waals surface area contributed by atoms with E-state index in [1.165, 1.54) is 0 Å². The molecule has 0 amide bonds. The second-order valence-electron chi connectivity index (χ2n) is 5.73. The number of hydrogen-bond acceptors (Lipinski definition) is 5. The highest BCUT2D eigenvalue weighted by atomic mass is 16.6. The third-order valence-electron chi connectivity index (χ3n) is 3.88. The SMILES string of the molecule is Cc1ccc(-c2nc(OCC#N)c3cc(C)ccc3c2[N+](=O)[O-])cc1. The molecule has 0 radical (unpaired) electrons. The summed E-state index contributed by atoms with van der Waals surface area (Å²) in [6.45, 7) is 3.64. The second kappa shape index (κ2) is 6.57. The van der Waals surface area contributed by atoms with Gasteiger partial charge in [-0.05, 0) is 26.0 Å². The van der Waals surface area contributed by atoms with Crippen molar-refractivity contribution in [1.82, 2.24) is 4.98 Å². The zero-order valence-electron chi connectivity index (χ0n) is 13.8. The Hall–Kier alpha value is -3.46. The van der Waals surface area contributed by atoms with Crippen molar-refractivity contribution in [3.8, 4) is 23.2 Å². The topological polar surface area (TPSA) is 89.0 Å². The van der Waals surface area contributed by atoms with E-state index < -0.39 is 4.92 Å². The number of rotatable bonds is 4. The summed E-state index contributed by atoms with van der Waals surface area (Å²) >= 11 is 0. The number of hydrogen-bond donors (Lipinski definition) is 0. The molecule has 0 saturated carbocycles. The summed E-state index contributed by atoms with van der Waals surface area (Å²) < 4.78 is 5.45. The summed E-state index contributed by atoms with van der Waals surface area (Å²) in [7, 11) is 0. The van der Waals surface area contributed by atoms with Crippen LogP contribution in [-0.4, -0.2) is 16.5 Å². The summed E-state index contributed by atoms with van der Waals surface area (Å²) in [6, 6.07) is 14.5. The van der Waals surface area contributed by atoms with E-state index in [0.29, 0.717) is 16.3 Å². The van der Waals surface area contributed by atoms with Gasteiger partial charge in [0.1, 0.15) is 6.07 Å². The lowest BCUT2D eigenvalue weighted by Gasteiger charge is -2.11. The van der Waals surface area contributed by atoms with Crippen LogP contribution in [0, 0.1) is 35.3 Å². The Morgan fingerprint density at radius 3 is 2.44 bits per heavy atom. The van der Waals surface area contributed by atoms with E-state index in [0.717, 1.165) is 11.1 Å². The van der Waals surface area contributed by atoms with Crippen molar-refractivity contribution in [3.63, 3.8) is 0 Å². The van der Waals surface area contributed by atoms with Gasteiger partial charge in [0.15, 0.2) is 12.3 Å². The number of aryl methyl sites for hydroxylation is 2. The number of nitro groups is 1. The molecule has 0 aliphatic heterocycles. The molecule has 0 aliphatic rings. The van der Waals surface area contributed by atoms with Gasteiger partial charge in [-0.15, -0.1) is 0 Å². The maximum absolute atomic E-state index is 11.8. The van der Waals surface area contributed by atoms with Crippen molar-refractivity contribution in [2.24, 2.45) is 0 Å². The Morgan fingerprint density at radius 2 is 1.80 bits per heavy atom. The van der Waals surface area contributed by atoms with Crippen LogP contribution in [0.5, 0.6) is 5.88 Å². The standard InChI is InChI=1S/C19H15N3O3/c1-12-3-6-14(7-4-12)17-18(22(23)24)15-8-5-13(2)11-16(15)19(21-17)25-10-9-20/h3-8,11H,10H2,1-2H3. The number of ether oxygens (including phenoxy) is 1. The van der Waals surface area contributed by atoms with Crippen molar-refractivity contribution in [2.45, 2.75) is 13.8 Å². The number of benzene rings is 2. The smallest absolute Gasteiger partial charge is 0.303 e. The lowest BCUT2D eigenvalue weighted by molar-refractivity contribution is -0.382. The van der Waals surface area contributed by atoms with Gasteiger partial charge in [0, 0.05) is 5.56 Å². The summed E-state index contributed by atoms with van der Waals surface area (Å²) in [5.41, 5.74) is 2.76. The van der Waals surface area contributed by atoms with E-state index in [4.69, 9.17) is 10.00 Å². The van der Waals surface area contributed by atoms with Crippen LogP contribution in [-0.2, 0) is 0 Å². The van der Waals surface area contributed by atoms with Crippen LogP contribution in [0.25, 0.3) is 22.0 Å². The first kappa shape index (κ1) is 16.4. The minimum atomic E-state index is -0.423. The highest BCUT2D eigenvalue weighted by molar-refractivity contribution is 5.99. The molecular weight excluding hydrogens is 318 g/mol. The van der Waals surface area contributed by atoms with Crippen LogP contribution >= 0.6 is 0 Å². The first-order chi connectivity index (χ1) is 12.0. The largest absolute Gasteiger partial charge is 0.462 e. The molecule has 0 saturated heterocycles. The summed E-state index contributed by atoms with van der Waals surface area (Å²) in [5, 5.41) is 21.5. The second-order valence-corrected chi connectivity index (χ2v) is 5.73. The fourth-order valence-electron chi connectivity index (χ4n) is 2.69. The zero-order valence-corrected chi connectivity index (χ0v) is 13.8. The first-order valence-corrected chi connectivity index (χ1v) is 7.67. The van der Waals surface area contributed by atoms with Gasteiger partial charge in [-0.3, -0.25) is 10.1 Å². The highest BCUT2D eigenvalue weighted by Crippen LogP contribution is 2.39. The number of aromatic nitrogens is 1. The molecule has 0 unspecified atom stereocenters. The van der Waals surface area contributed by atoms with Crippen molar-refractivity contribution >= 4 is 16.5 Å². The molecule has 0 N–H and O–H groups in total. The van der Waals surface area contributed by atoms with Gasteiger partial charge in [0.25, 0.3) is 0 Å².